The van der Waals surface area contributed by atoms with Crippen LogP contribution in [0.4, 0.5) is 5.88 Å². The van der Waals surface area contributed by atoms with Crippen molar-refractivity contribution in [1.29, 1.82) is 0 Å². The lowest BCUT2D eigenvalue weighted by Crippen LogP contribution is -2.20. The summed E-state index contributed by atoms with van der Waals surface area (Å²) in [6.07, 6.45) is 0. The Hall–Kier alpha value is -3.61. The Morgan fingerprint density at radius 2 is 1.78 bits per heavy atom. The summed E-state index contributed by atoms with van der Waals surface area (Å²) in [5.74, 6) is -2.17. The number of nitrogens with one attached hydrogen (secondary N) is 1. The van der Waals surface area contributed by atoms with Gasteiger partial charge in [0.05, 0.1) is 6.61 Å². The van der Waals surface area contributed by atoms with Crippen molar-refractivity contribution in [2.45, 2.75) is 13.8 Å². The molecule has 0 atom stereocenters. The van der Waals surface area contributed by atoms with Crippen LogP contribution in [-0.4, -0.2) is 24.4 Å². The molecule has 0 saturated carbocycles. The molecule has 1 heterocycles. The summed E-state index contributed by atoms with van der Waals surface area (Å²) >= 11 is 0. The normalized spacial score (nSPS) is 10.6. The van der Waals surface area contributed by atoms with Crippen molar-refractivity contribution in [1.82, 2.24) is 0 Å². The van der Waals surface area contributed by atoms with Gasteiger partial charge in [-0.2, -0.15) is 0 Å². The van der Waals surface area contributed by atoms with Crippen LogP contribution in [0.25, 0.3) is 10.8 Å². The zero-order chi connectivity index (χ0) is 19.6. The summed E-state index contributed by atoms with van der Waals surface area (Å²) in [6.45, 7) is 3.26. The molecule has 0 spiro atoms. The fourth-order valence-electron chi connectivity index (χ4n) is 2.91. The average Bonchev–Trinajstić information content (AvgIpc) is 2.97. The van der Waals surface area contributed by atoms with Crippen molar-refractivity contribution in [3.63, 3.8) is 0 Å². The highest BCUT2D eigenvalue weighted by molar-refractivity contribution is 6.16. The number of aryl methyl sites for hydroxylation is 1. The van der Waals surface area contributed by atoms with E-state index in [1.807, 2.05) is 30.3 Å². The predicted octanol–water partition coefficient (Wildman–Crippen LogP) is 3.27. The number of rotatable bonds is 5. The second-order valence-electron chi connectivity index (χ2n) is 5.80. The summed E-state index contributed by atoms with van der Waals surface area (Å²) in [4.78, 5) is 36.8. The molecule has 138 valence electrons. The number of carbonyl (C=O) groups excluding carboxylic acids is 3. The number of anilines is 1. The van der Waals surface area contributed by atoms with Gasteiger partial charge >= 0.3 is 5.97 Å². The number of nitrogens with two attached hydrogens (primary N) is 1. The summed E-state index contributed by atoms with van der Waals surface area (Å²) < 4.78 is 10.4. The van der Waals surface area contributed by atoms with E-state index in [0.29, 0.717) is 5.56 Å². The minimum Gasteiger partial charge on any atom is -0.462 e. The third-order valence-electron chi connectivity index (χ3n) is 4.07. The molecule has 0 aliphatic heterocycles. The molecule has 7 nitrogen and oxygen atoms in total. The first kappa shape index (κ1) is 18.2. The third kappa shape index (κ3) is 3.39. The van der Waals surface area contributed by atoms with Crippen LogP contribution in [0, 0.1) is 6.92 Å². The zero-order valence-electron chi connectivity index (χ0n) is 14.9. The Bertz CT molecular complexity index is 1050. The number of furan rings is 1. The Balaban J connectivity index is 2.02. The summed E-state index contributed by atoms with van der Waals surface area (Å²) in [7, 11) is 0. The van der Waals surface area contributed by atoms with Gasteiger partial charge in [-0.25, -0.2) is 4.79 Å². The number of hydrogen-bond donors (Lipinski definition) is 2. The maximum atomic E-state index is 12.8. The van der Waals surface area contributed by atoms with Crippen LogP contribution in [0.2, 0.25) is 0 Å². The fraction of sp³-hybridized carbons (Fsp3) is 0.150. The number of esters is 1. The first-order chi connectivity index (χ1) is 12.9. The molecular formula is C20H18N2O5. The van der Waals surface area contributed by atoms with Crippen LogP contribution in [0.3, 0.4) is 0 Å². The molecular weight excluding hydrogens is 348 g/mol. The highest BCUT2D eigenvalue weighted by atomic mass is 16.5. The molecule has 7 heteroatoms. The Morgan fingerprint density at radius 1 is 1.07 bits per heavy atom. The first-order valence-corrected chi connectivity index (χ1v) is 8.33. The van der Waals surface area contributed by atoms with E-state index in [4.69, 9.17) is 14.9 Å². The van der Waals surface area contributed by atoms with Crippen LogP contribution in [0.1, 0.15) is 43.8 Å². The molecule has 3 rings (SSSR count). The second kappa shape index (κ2) is 7.33. The van der Waals surface area contributed by atoms with Crippen LogP contribution >= 0.6 is 0 Å². The lowest BCUT2D eigenvalue weighted by atomic mass is 10.0. The van der Waals surface area contributed by atoms with Crippen molar-refractivity contribution in [3.8, 4) is 0 Å². The first-order valence-electron chi connectivity index (χ1n) is 8.33. The smallest absolute Gasteiger partial charge is 0.342 e. The van der Waals surface area contributed by atoms with E-state index in [1.165, 1.54) is 6.92 Å². The second-order valence-corrected chi connectivity index (χ2v) is 5.80. The van der Waals surface area contributed by atoms with Crippen molar-refractivity contribution < 1.29 is 23.5 Å². The molecule has 0 bridgehead atoms. The maximum Gasteiger partial charge on any atom is 0.342 e. The number of primary amides is 1. The largest absolute Gasteiger partial charge is 0.462 e. The van der Waals surface area contributed by atoms with Gasteiger partial charge in [-0.3, -0.25) is 14.9 Å². The van der Waals surface area contributed by atoms with Gasteiger partial charge in [-0.05, 0) is 30.7 Å². The Labute approximate surface area is 155 Å². The third-order valence-corrected chi connectivity index (χ3v) is 4.07. The predicted molar refractivity (Wildman–Crippen MR) is 99.8 cm³/mol. The van der Waals surface area contributed by atoms with E-state index >= 15 is 0 Å². The van der Waals surface area contributed by atoms with Crippen LogP contribution < -0.4 is 11.1 Å². The highest BCUT2D eigenvalue weighted by Gasteiger charge is 2.29. The minimum absolute atomic E-state index is 0.0856. The summed E-state index contributed by atoms with van der Waals surface area (Å²) in [5.41, 5.74) is 5.51. The topological polar surface area (TPSA) is 112 Å². The molecule has 27 heavy (non-hydrogen) atoms. The number of carbonyl (C=O) groups is 3. The van der Waals surface area contributed by atoms with E-state index < -0.39 is 17.8 Å². The number of fused-ring (bicyclic) bond motifs is 1. The molecule has 0 radical (unpaired) electrons. The van der Waals surface area contributed by atoms with Gasteiger partial charge in [0.1, 0.15) is 16.9 Å². The molecule has 0 saturated heterocycles. The minimum atomic E-state index is -0.900. The number of amides is 2. The van der Waals surface area contributed by atoms with Gasteiger partial charge in [-0.1, -0.05) is 36.4 Å². The van der Waals surface area contributed by atoms with Crippen LogP contribution in [0.5, 0.6) is 0 Å². The number of hydrogen-bond acceptors (Lipinski definition) is 5. The van der Waals surface area contributed by atoms with E-state index in [9.17, 15) is 14.4 Å². The van der Waals surface area contributed by atoms with E-state index in [-0.39, 0.29) is 29.4 Å². The van der Waals surface area contributed by atoms with Gasteiger partial charge in [0.25, 0.3) is 11.8 Å². The molecule has 3 N–H and O–H groups in total. The zero-order valence-corrected chi connectivity index (χ0v) is 14.9. The average molecular weight is 366 g/mol. The van der Waals surface area contributed by atoms with E-state index in [0.717, 1.165) is 10.8 Å². The monoisotopic (exact) mass is 366 g/mol. The van der Waals surface area contributed by atoms with Crippen molar-refractivity contribution >= 4 is 34.4 Å². The van der Waals surface area contributed by atoms with Gasteiger partial charge in [0, 0.05) is 5.56 Å². The quantitative estimate of drug-likeness (QED) is 0.673. The van der Waals surface area contributed by atoms with Crippen LogP contribution in [-0.2, 0) is 4.74 Å². The maximum absolute atomic E-state index is 12.8. The van der Waals surface area contributed by atoms with Crippen molar-refractivity contribution in [2.75, 3.05) is 11.9 Å². The lowest BCUT2D eigenvalue weighted by Gasteiger charge is -2.07. The number of ether oxygens (including phenoxy) is 1. The number of benzene rings is 2. The molecule has 0 aliphatic rings. The Kier molecular flexibility index (Phi) is 4.94. The molecule has 0 unspecified atom stereocenters. The molecule has 2 amide bonds. The highest BCUT2D eigenvalue weighted by Crippen LogP contribution is 2.29. The van der Waals surface area contributed by atoms with Gasteiger partial charge in [0.2, 0.25) is 5.88 Å². The molecule has 0 aliphatic carbocycles. The molecule has 3 aromatic rings. The van der Waals surface area contributed by atoms with Crippen LogP contribution in [0.15, 0.2) is 46.9 Å². The van der Waals surface area contributed by atoms with Gasteiger partial charge < -0.3 is 14.9 Å². The van der Waals surface area contributed by atoms with Crippen molar-refractivity contribution in [2.24, 2.45) is 5.73 Å². The standard InChI is InChI=1S/C20H18N2O5/c1-3-26-20(25)15-11(2)27-19(16(15)17(21)23)22-18(24)14-10-6-8-12-7-4-5-9-13(12)14/h4-10H,3H2,1-2H3,(H2,21,23)(H,22,24). The fourth-order valence-corrected chi connectivity index (χ4v) is 2.91. The molecule has 0 fully saturated rings. The van der Waals surface area contributed by atoms with E-state index in [2.05, 4.69) is 5.32 Å². The van der Waals surface area contributed by atoms with E-state index in [1.54, 1.807) is 19.1 Å². The molecule has 1 aromatic heterocycles. The summed E-state index contributed by atoms with van der Waals surface area (Å²) in [6, 6.07) is 12.7. The summed E-state index contributed by atoms with van der Waals surface area (Å²) in [5, 5.41) is 4.18. The SMILES string of the molecule is CCOC(=O)c1c(C)oc(NC(=O)c2cccc3ccccc23)c1C(N)=O. The van der Waals surface area contributed by atoms with Gasteiger partial charge in [-0.15, -0.1) is 0 Å². The lowest BCUT2D eigenvalue weighted by molar-refractivity contribution is 0.0521. The Morgan fingerprint density at radius 3 is 2.48 bits per heavy atom. The van der Waals surface area contributed by atoms with Gasteiger partial charge in [0.15, 0.2) is 0 Å². The molecule has 2 aromatic carbocycles. The van der Waals surface area contributed by atoms with Crippen molar-refractivity contribution in [3.05, 3.63) is 64.9 Å².